The number of carbonyl (C=O) groups excluding carboxylic acids is 2. The quantitative estimate of drug-likeness (QED) is 0.126. The lowest BCUT2D eigenvalue weighted by Gasteiger charge is -2.21. The SMILES string of the molecule is CCCc1cc2c(C(F)(F)F)cc(=O)oc2c(CCC)c1OCCCCN(C=O)C(=O)NC(C)c1cccc(OC)c1. The number of benzene rings is 2. The van der Waals surface area contributed by atoms with Crippen molar-refractivity contribution < 1.29 is 36.7 Å². The van der Waals surface area contributed by atoms with Gasteiger partial charge in [0.2, 0.25) is 6.41 Å². The summed E-state index contributed by atoms with van der Waals surface area (Å²) in [5, 5.41) is 2.64. The maximum Gasteiger partial charge on any atom is 0.417 e. The van der Waals surface area contributed by atoms with E-state index in [1.54, 1.807) is 26.2 Å². The molecule has 2 aromatic carbocycles. The molecule has 1 aromatic heterocycles. The Bertz CT molecular complexity index is 1440. The van der Waals surface area contributed by atoms with Crippen LogP contribution >= 0.6 is 0 Å². The number of hydrogen-bond donors (Lipinski definition) is 1. The van der Waals surface area contributed by atoms with Gasteiger partial charge in [-0.25, -0.2) is 9.59 Å². The van der Waals surface area contributed by atoms with Crippen molar-refractivity contribution in [1.82, 2.24) is 10.2 Å². The first kappa shape index (κ1) is 32.5. The van der Waals surface area contributed by atoms with Crippen molar-refractivity contribution in [1.29, 1.82) is 0 Å². The number of ether oxygens (including phenoxy) is 2. The number of halogens is 3. The van der Waals surface area contributed by atoms with Gasteiger partial charge in [-0.1, -0.05) is 38.8 Å². The molecule has 1 unspecified atom stereocenters. The van der Waals surface area contributed by atoms with Crippen LogP contribution in [0.25, 0.3) is 11.0 Å². The van der Waals surface area contributed by atoms with Crippen LogP contribution in [0.1, 0.15) is 74.8 Å². The number of amides is 3. The summed E-state index contributed by atoms with van der Waals surface area (Å²) in [5.74, 6) is 1.07. The second kappa shape index (κ2) is 14.7. The van der Waals surface area contributed by atoms with Gasteiger partial charge in [-0.15, -0.1) is 0 Å². The molecular weight excluding hydrogens is 553 g/mol. The lowest BCUT2D eigenvalue weighted by Crippen LogP contribution is -2.40. The van der Waals surface area contributed by atoms with E-state index >= 15 is 0 Å². The van der Waals surface area contributed by atoms with Crippen LogP contribution in [-0.2, 0) is 23.8 Å². The van der Waals surface area contributed by atoms with Crippen molar-refractivity contribution in [3.05, 3.63) is 69.1 Å². The molecule has 0 aliphatic heterocycles. The lowest BCUT2D eigenvalue weighted by molar-refractivity contribution is -0.136. The number of urea groups is 1. The van der Waals surface area contributed by atoms with E-state index in [4.69, 9.17) is 13.9 Å². The highest BCUT2D eigenvalue weighted by atomic mass is 19.4. The van der Waals surface area contributed by atoms with Crippen molar-refractivity contribution in [2.75, 3.05) is 20.3 Å². The first-order valence-electron chi connectivity index (χ1n) is 14.0. The van der Waals surface area contributed by atoms with Crippen LogP contribution in [0.15, 0.2) is 45.6 Å². The van der Waals surface area contributed by atoms with Gasteiger partial charge >= 0.3 is 17.8 Å². The monoisotopic (exact) mass is 590 g/mol. The molecule has 228 valence electrons. The fraction of sp³-hybridized carbons (Fsp3) is 0.452. The molecule has 0 aliphatic carbocycles. The molecule has 42 heavy (non-hydrogen) atoms. The van der Waals surface area contributed by atoms with Gasteiger partial charge in [-0.05, 0) is 61.9 Å². The number of nitrogens with one attached hydrogen (secondary N) is 1. The second-order valence-corrected chi connectivity index (χ2v) is 10.00. The largest absolute Gasteiger partial charge is 0.497 e. The van der Waals surface area contributed by atoms with Crippen LogP contribution in [0, 0.1) is 0 Å². The molecule has 0 aliphatic rings. The molecule has 11 heteroatoms. The fourth-order valence-corrected chi connectivity index (χ4v) is 4.78. The van der Waals surface area contributed by atoms with E-state index in [2.05, 4.69) is 5.32 Å². The van der Waals surface area contributed by atoms with Gasteiger partial charge in [0.1, 0.15) is 17.1 Å². The molecule has 1 N–H and O–H groups in total. The summed E-state index contributed by atoms with van der Waals surface area (Å²) in [4.78, 5) is 37.4. The molecular formula is C31H37F3N2O6. The summed E-state index contributed by atoms with van der Waals surface area (Å²) < 4.78 is 58.0. The van der Waals surface area contributed by atoms with Gasteiger partial charge in [0.25, 0.3) is 0 Å². The summed E-state index contributed by atoms with van der Waals surface area (Å²) in [7, 11) is 1.55. The molecule has 1 atom stereocenters. The first-order chi connectivity index (χ1) is 20.0. The predicted octanol–water partition coefficient (Wildman–Crippen LogP) is 6.81. The van der Waals surface area contributed by atoms with Gasteiger partial charge in [-0.3, -0.25) is 9.69 Å². The number of unbranched alkanes of at least 4 members (excludes halogenated alkanes) is 1. The maximum atomic E-state index is 13.8. The molecule has 0 saturated carbocycles. The van der Waals surface area contributed by atoms with Crippen molar-refractivity contribution in [3.63, 3.8) is 0 Å². The van der Waals surface area contributed by atoms with Gasteiger partial charge in [0.05, 0.1) is 25.3 Å². The van der Waals surface area contributed by atoms with E-state index in [-0.39, 0.29) is 30.2 Å². The lowest BCUT2D eigenvalue weighted by atomic mass is 9.96. The molecule has 0 saturated heterocycles. The Labute approximate surface area is 242 Å². The predicted molar refractivity (Wildman–Crippen MR) is 153 cm³/mol. The molecule has 0 spiro atoms. The van der Waals surface area contributed by atoms with E-state index in [1.165, 1.54) is 6.07 Å². The van der Waals surface area contributed by atoms with Gasteiger partial charge in [-0.2, -0.15) is 13.2 Å². The molecule has 8 nitrogen and oxygen atoms in total. The van der Waals surface area contributed by atoms with Crippen molar-refractivity contribution in [2.45, 2.75) is 71.5 Å². The van der Waals surface area contributed by atoms with Gasteiger partial charge in [0, 0.05) is 23.6 Å². The van der Waals surface area contributed by atoms with Gasteiger partial charge < -0.3 is 19.2 Å². The normalized spacial score (nSPS) is 12.2. The van der Waals surface area contributed by atoms with E-state index in [0.29, 0.717) is 73.6 Å². The zero-order valence-electron chi connectivity index (χ0n) is 24.3. The third-order valence-corrected chi connectivity index (χ3v) is 6.84. The Morgan fingerprint density at radius 3 is 2.50 bits per heavy atom. The molecule has 3 rings (SSSR count). The number of alkyl halides is 3. The molecule has 3 amide bonds. The molecule has 1 heterocycles. The first-order valence-corrected chi connectivity index (χ1v) is 14.0. The third-order valence-electron chi connectivity index (χ3n) is 6.84. The average Bonchev–Trinajstić information content (AvgIpc) is 2.95. The second-order valence-electron chi connectivity index (χ2n) is 10.00. The zero-order valence-corrected chi connectivity index (χ0v) is 24.3. The Kier molecular flexibility index (Phi) is 11.4. The molecule has 3 aromatic rings. The van der Waals surface area contributed by atoms with Crippen molar-refractivity contribution in [3.8, 4) is 11.5 Å². The van der Waals surface area contributed by atoms with Crippen molar-refractivity contribution >= 4 is 23.4 Å². The number of rotatable bonds is 14. The molecule has 0 fully saturated rings. The maximum absolute atomic E-state index is 13.8. The highest BCUT2D eigenvalue weighted by Gasteiger charge is 2.35. The van der Waals surface area contributed by atoms with Gasteiger partial charge in [0.15, 0.2) is 0 Å². The van der Waals surface area contributed by atoms with Crippen LogP contribution in [0.2, 0.25) is 0 Å². The van der Waals surface area contributed by atoms with Crippen molar-refractivity contribution in [2.24, 2.45) is 0 Å². The summed E-state index contributed by atoms with van der Waals surface area (Å²) >= 11 is 0. The standard InChI is InChI=1S/C31H37F3N2O6/c1-5-10-22-17-25-26(31(32,33)34)18-27(38)42-29(25)24(11-6-2)28(22)41-15-8-7-14-36(19-37)30(39)35-20(3)21-12-9-13-23(16-21)40-4/h9,12-13,16-20H,5-8,10-11,14-15H2,1-4H3,(H,35,39). The minimum atomic E-state index is -4.72. The number of fused-ring (bicyclic) bond motifs is 1. The number of aryl methyl sites for hydroxylation is 2. The van der Waals surface area contributed by atoms with E-state index < -0.39 is 23.4 Å². The summed E-state index contributed by atoms with van der Waals surface area (Å²) in [5.41, 5.74) is -0.352. The van der Waals surface area contributed by atoms with Crippen LogP contribution in [0.5, 0.6) is 11.5 Å². The number of hydrogen-bond acceptors (Lipinski definition) is 6. The molecule has 0 radical (unpaired) electrons. The number of nitrogens with zero attached hydrogens (tertiary/aromatic N) is 1. The number of carbonyl (C=O) groups is 2. The summed E-state index contributed by atoms with van der Waals surface area (Å²) in [6, 6.07) is 8.24. The van der Waals surface area contributed by atoms with E-state index in [0.717, 1.165) is 10.5 Å². The minimum Gasteiger partial charge on any atom is -0.497 e. The Hall–Kier alpha value is -4.02. The van der Waals surface area contributed by atoms with Crippen LogP contribution in [-0.4, -0.2) is 37.6 Å². The van der Waals surface area contributed by atoms with E-state index in [9.17, 15) is 27.6 Å². The topological polar surface area (TPSA) is 98.1 Å². The summed E-state index contributed by atoms with van der Waals surface area (Å²) in [6.07, 6.45) is -1.25. The highest BCUT2D eigenvalue weighted by molar-refractivity contribution is 5.87. The number of methoxy groups -OCH3 is 1. The fourth-order valence-electron chi connectivity index (χ4n) is 4.78. The van der Waals surface area contributed by atoms with E-state index in [1.807, 2.05) is 26.0 Å². The number of imide groups is 1. The third kappa shape index (κ3) is 8.04. The van der Waals surface area contributed by atoms with Crippen LogP contribution < -0.4 is 20.4 Å². The Morgan fingerprint density at radius 2 is 1.86 bits per heavy atom. The highest BCUT2D eigenvalue weighted by Crippen LogP contribution is 2.40. The Morgan fingerprint density at radius 1 is 1.12 bits per heavy atom. The zero-order chi connectivity index (χ0) is 30.9. The summed E-state index contributed by atoms with van der Waals surface area (Å²) in [6.45, 7) is 5.93. The van der Waals surface area contributed by atoms with Crippen LogP contribution in [0.4, 0.5) is 18.0 Å². The Balaban J connectivity index is 1.71. The average molecular weight is 591 g/mol. The smallest absolute Gasteiger partial charge is 0.417 e. The molecule has 0 bridgehead atoms. The minimum absolute atomic E-state index is 0.111. The van der Waals surface area contributed by atoms with Crippen LogP contribution in [0.3, 0.4) is 0 Å².